The summed E-state index contributed by atoms with van der Waals surface area (Å²) in [7, 11) is 0. The first kappa shape index (κ1) is 11.1. The number of hydrogen-bond acceptors (Lipinski definition) is 3. The molecule has 0 atom stereocenters. The lowest BCUT2D eigenvalue weighted by atomic mass is 9.95. The van der Waals surface area contributed by atoms with Crippen LogP contribution in [0.2, 0.25) is 0 Å². The monoisotopic (exact) mass is 232 g/mol. The highest BCUT2D eigenvalue weighted by Gasteiger charge is 2.45. The largest absolute Gasteiger partial charge is 0.508 e. The summed E-state index contributed by atoms with van der Waals surface area (Å²) in [5.41, 5.74) is 1.78. The van der Waals surface area contributed by atoms with Gasteiger partial charge >= 0.3 is 0 Å². The number of hydrogen-bond donors (Lipinski definition) is 2. The number of nitrogens with one attached hydrogen (secondary N) is 1. The average Bonchev–Trinajstić information content (AvgIpc) is 3.12. The molecule has 0 spiro atoms. The van der Waals surface area contributed by atoms with Gasteiger partial charge in [0.25, 0.3) is 0 Å². The van der Waals surface area contributed by atoms with Crippen molar-refractivity contribution in [1.82, 2.24) is 10.2 Å². The quantitative estimate of drug-likeness (QED) is 0.825. The fourth-order valence-electron chi connectivity index (χ4n) is 2.80. The van der Waals surface area contributed by atoms with E-state index in [1.807, 2.05) is 12.1 Å². The Balaban J connectivity index is 1.70. The minimum absolute atomic E-state index is 0.367. The molecule has 1 aromatic rings. The van der Waals surface area contributed by atoms with Gasteiger partial charge < -0.3 is 10.4 Å². The van der Waals surface area contributed by atoms with Gasteiger partial charge in [0.15, 0.2) is 0 Å². The van der Waals surface area contributed by atoms with E-state index in [-0.39, 0.29) is 0 Å². The lowest BCUT2D eigenvalue weighted by Crippen LogP contribution is -2.46. The van der Waals surface area contributed by atoms with Crippen LogP contribution in [0.4, 0.5) is 0 Å². The molecule has 2 fully saturated rings. The second kappa shape index (κ2) is 4.31. The minimum Gasteiger partial charge on any atom is -0.508 e. The van der Waals surface area contributed by atoms with Gasteiger partial charge in [-0.2, -0.15) is 0 Å². The van der Waals surface area contributed by atoms with Crippen LogP contribution < -0.4 is 5.32 Å². The molecule has 1 saturated carbocycles. The van der Waals surface area contributed by atoms with E-state index in [0.717, 1.165) is 13.1 Å². The summed E-state index contributed by atoms with van der Waals surface area (Å²) in [6.45, 7) is 5.75. The molecule has 2 N–H and O–H groups in total. The molecule has 0 unspecified atom stereocenters. The van der Waals surface area contributed by atoms with Crippen LogP contribution in [0.5, 0.6) is 5.75 Å². The second-order valence-electron chi connectivity index (χ2n) is 5.35. The molecule has 0 bridgehead atoms. The molecule has 1 heterocycles. The van der Waals surface area contributed by atoms with E-state index in [4.69, 9.17) is 0 Å². The van der Waals surface area contributed by atoms with Gasteiger partial charge in [0.1, 0.15) is 5.75 Å². The summed E-state index contributed by atoms with van der Waals surface area (Å²) >= 11 is 0. The maximum Gasteiger partial charge on any atom is 0.115 e. The smallest absolute Gasteiger partial charge is 0.115 e. The SMILES string of the molecule is Oc1ccc(C2(CN3CCNCC3)CC2)cc1. The van der Waals surface area contributed by atoms with Crippen molar-refractivity contribution in [2.24, 2.45) is 0 Å². The summed E-state index contributed by atoms with van der Waals surface area (Å²) in [5, 5.41) is 12.7. The Hall–Kier alpha value is -1.06. The van der Waals surface area contributed by atoms with Crippen molar-refractivity contribution < 1.29 is 5.11 Å². The van der Waals surface area contributed by atoms with Crippen LogP contribution in [-0.4, -0.2) is 42.7 Å². The van der Waals surface area contributed by atoms with Crippen LogP contribution in [0, 0.1) is 0 Å². The number of rotatable bonds is 3. The highest BCUT2D eigenvalue weighted by Crippen LogP contribution is 2.48. The van der Waals surface area contributed by atoms with Gasteiger partial charge in [-0.15, -0.1) is 0 Å². The number of aromatic hydroxyl groups is 1. The van der Waals surface area contributed by atoms with Crippen LogP contribution in [0.1, 0.15) is 18.4 Å². The molecular formula is C14H20N2O. The topological polar surface area (TPSA) is 35.5 Å². The van der Waals surface area contributed by atoms with Gasteiger partial charge in [-0.3, -0.25) is 4.90 Å². The fraction of sp³-hybridized carbons (Fsp3) is 0.571. The molecule has 0 radical (unpaired) electrons. The maximum absolute atomic E-state index is 9.35. The number of nitrogens with zero attached hydrogens (tertiary/aromatic N) is 1. The highest BCUT2D eigenvalue weighted by atomic mass is 16.3. The van der Waals surface area contributed by atoms with Crippen molar-refractivity contribution in [3.05, 3.63) is 29.8 Å². The average molecular weight is 232 g/mol. The first-order valence-electron chi connectivity index (χ1n) is 6.51. The lowest BCUT2D eigenvalue weighted by Gasteiger charge is -2.31. The Morgan fingerprint density at radius 3 is 2.35 bits per heavy atom. The van der Waals surface area contributed by atoms with E-state index in [9.17, 15) is 5.11 Å². The van der Waals surface area contributed by atoms with E-state index >= 15 is 0 Å². The van der Waals surface area contributed by atoms with Gasteiger partial charge in [-0.1, -0.05) is 12.1 Å². The van der Waals surface area contributed by atoms with Crippen molar-refractivity contribution in [3.63, 3.8) is 0 Å². The molecule has 1 aliphatic carbocycles. The van der Waals surface area contributed by atoms with Crippen LogP contribution in [-0.2, 0) is 5.41 Å². The van der Waals surface area contributed by atoms with Crippen LogP contribution >= 0.6 is 0 Å². The van der Waals surface area contributed by atoms with Crippen LogP contribution in [0.25, 0.3) is 0 Å². The van der Waals surface area contributed by atoms with Crippen LogP contribution in [0.3, 0.4) is 0 Å². The third-order valence-corrected chi connectivity index (χ3v) is 4.07. The van der Waals surface area contributed by atoms with E-state index in [2.05, 4.69) is 22.3 Å². The summed E-state index contributed by atoms with van der Waals surface area (Å²) < 4.78 is 0. The predicted octanol–water partition coefficient (Wildman–Crippen LogP) is 1.33. The zero-order valence-electron chi connectivity index (χ0n) is 10.2. The van der Waals surface area contributed by atoms with Gasteiger partial charge in [0.05, 0.1) is 0 Å². The molecule has 3 nitrogen and oxygen atoms in total. The molecule has 0 aromatic heterocycles. The van der Waals surface area contributed by atoms with Gasteiger partial charge in [0.2, 0.25) is 0 Å². The molecule has 1 saturated heterocycles. The molecule has 3 heteroatoms. The molecular weight excluding hydrogens is 212 g/mol. The molecule has 0 amide bonds. The predicted molar refractivity (Wildman–Crippen MR) is 68.3 cm³/mol. The Kier molecular flexibility index (Phi) is 2.81. The third-order valence-electron chi connectivity index (χ3n) is 4.07. The van der Waals surface area contributed by atoms with E-state index in [0.29, 0.717) is 11.2 Å². The van der Waals surface area contributed by atoms with Gasteiger partial charge in [-0.05, 0) is 30.5 Å². The zero-order chi connectivity index (χ0) is 11.7. The summed E-state index contributed by atoms with van der Waals surface area (Å²) in [5.74, 6) is 0.367. The van der Waals surface area contributed by atoms with Crippen molar-refractivity contribution in [1.29, 1.82) is 0 Å². The number of benzene rings is 1. The van der Waals surface area contributed by atoms with Crippen molar-refractivity contribution in [2.45, 2.75) is 18.3 Å². The molecule has 17 heavy (non-hydrogen) atoms. The maximum atomic E-state index is 9.35. The third kappa shape index (κ3) is 2.31. The first-order chi connectivity index (χ1) is 8.28. The summed E-state index contributed by atoms with van der Waals surface area (Å²) in [6.07, 6.45) is 2.59. The van der Waals surface area contributed by atoms with Crippen molar-refractivity contribution >= 4 is 0 Å². The van der Waals surface area contributed by atoms with E-state index in [1.165, 1.54) is 38.0 Å². The Morgan fingerprint density at radius 2 is 1.76 bits per heavy atom. The van der Waals surface area contributed by atoms with E-state index < -0.39 is 0 Å². The van der Waals surface area contributed by atoms with Crippen molar-refractivity contribution in [2.75, 3.05) is 32.7 Å². The minimum atomic E-state index is 0.367. The van der Waals surface area contributed by atoms with Crippen LogP contribution in [0.15, 0.2) is 24.3 Å². The Labute approximate surface area is 102 Å². The number of phenols is 1. The summed E-state index contributed by atoms with van der Waals surface area (Å²) in [4.78, 5) is 2.57. The normalized spacial score (nSPS) is 23.5. The highest BCUT2D eigenvalue weighted by molar-refractivity contribution is 5.36. The number of phenolic OH excluding ortho intramolecular Hbond substituents is 1. The number of piperazine rings is 1. The summed E-state index contributed by atoms with van der Waals surface area (Å²) in [6, 6.07) is 7.80. The van der Waals surface area contributed by atoms with Crippen molar-refractivity contribution in [3.8, 4) is 5.75 Å². The Morgan fingerprint density at radius 1 is 1.12 bits per heavy atom. The van der Waals surface area contributed by atoms with Gasteiger partial charge in [-0.25, -0.2) is 0 Å². The standard InChI is InChI=1S/C14H20N2O/c17-13-3-1-12(2-4-13)14(5-6-14)11-16-9-7-15-8-10-16/h1-4,15,17H,5-11H2. The van der Waals surface area contributed by atoms with Gasteiger partial charge in [0, 0.05) is 38.1 Å². The molecule has 2 aliphatic rings. The molecule has 92 valence electrons. The lowest BCUT2D eigenvalue weighted by molar-refractivity contribution is 0.221. The van der Waals surface area contributed by atoms with E-state index in [1.54, 1.807) is 0 Å². The Bertz CT molecular complexity index is 378. The molecule has 1 aliphatic heterocycles. The molecule has 1 aromatic carbocycles. The second-order valence-corrected chi connectivity index (χ2v) is 5.35. The molecule has 3 rings (SSSR count). The fourth-order valence-corrected chi connectivity index (χ4v) is 2.80. The first-order valence-corrected chi connectivity index (χ1v) is 6.51. The zero-order valence-corrected chi connectivity index (χ0v) is 10.2.